The SMILES string of the molecule is N#Cc1ccc(CCNC(=O)[C@@H]2CCCN2c2cc(N3CCC(CCCC(=O)NCCCC[C@H](NC(=N)N)C(=O)O)CC3)nc(C(F)(F)F)n2)cc1. The lowest BCUT2D eigenvalue weighted by molar-refractivity contribution is -0.145. The highest BCUT2D eigenvalue weighted by atomic mass is 19.4. The fraction of sp³-hybridized carbons (Fsp3) is 0.571. The molecule has 1 aromatic heterocycles. The van der Waals surface area contributed by atoms with Crippen molar-refractivity contribution >= 4 is 35.4 Å². The molecule has 0 bridgehead atoms. The van der Waals surface area contributed by atoms with E-state index in [0.29, 0.717) is 89.2 Å². The number of benzene rings is 1. The van der Waals surface area contributed by atoms with Crippen LogP contribution in [-0.4, -0.2) is 83.6 Å². The summed E-state index contributed by atoms with van der Waals surface area (Å²) in [7, 11) is 0. The molecule has 2 atom stereocenters. The molecule has 0 saturated carbocycles. The number of hydrogen-bond acceptors (Lipinski definition) is 9. The fourth-order valence-corrected chi connectivity index (χ4v) is 6.60. The van der Waals surface area contributed by atoms with Crippen molar-refractivity contribution in [1.29, 1.82) is 10.7 Å². The number of amides is 2. The van der Waals surface area contributed by atoms with E-state index in [2.05, 4.69) is 32.0 Å². The smallest absolute Gasteiger partial charge is 0.451 e. The quantitative estimate of drug-likeness (QED) is 0.0790. The molecule has 2 amide bonds. The summed E-state index contributed by atoms with van der Waals surface area (Å²) in [5.74, 6) is -2.56. The average Bonchev–Trinajstić information content (AvgIpc) is 3.61. The van der Waals surface area contributed by atoms with Crippen molar-refractivity contribution in [1.82, 2.24) is 25.9 Å². The number of aromatic nitrogens is 2. The number of nitriles is 1. The number of anilines is 2. The fourth-order valence-electron chi connectivity index (χ4n) is 6.60. The van der Waals surface area contributed by atoms with Gasteiger partial charge in [0, 0.05) is 45.2 Å². The number of alkyl halides is 3. The van der Waals surface area contributed by atoms with Gasteiger partial charge in [0.15, 0.2) is 5.96 Å². The summed E-state index contributed by atoms with van der Waals surface area (Å²) in [6.45, 7) is 2.14. The van der Waals surface area contributed by atoms with E-state index in [-0.39, 0.29) is 29.9 Å². The molecule has 1 aromatic carbocycles. The summed E-state index contributed by atoms with van der Waals surface area (Å²) in [6, 6.07) is 9.06. The molecule has 2 aromatic rings. The van der Waals surface area contributed by atoms with E-state index in [4.69, 9.17) is 21.5 Å². The highest BCUT2D eigenvalue weighted by Gasteiger charge is 2.39. The van der Waals surface area contributed by atoms with E-state index >= 15 is 0 Å². The number of carbonyl (C=O) groups excluding carboxylic acids is 2. The number of piperidine rings is 1. The first-order valence-corrected chi connectivity index (χ1v) is 17.7. The maximum atomic E-state index is 14.0. The maximum absolute atomic E-state index is 14.0. The van der Waals surface area contributed by atoms with Gasteiger partial charge < -0.3 is 36.6 Å². The van der Waals surface area contributed by atoms with Gasteiger partial charge in [-0.05, 0) is 87.8 Å². The molecule has 4 rings (SSSR count). The summed E-state index contributed by atoms with van der Waals surface area (Å²) in [4.78, 5) is 47.9. The molecule has 2 fully saturated rings. The van der Waals surface area contributed by atoms with Crippen LogP contribution in [0.15, 0.2) is 30.3 Å². The van der Waals surface area contributed by atoms with Crippen molar-refractivity contribution in [2.24, 2.45) is 11.7 Å². The monoisotopic (exact) mass is 728 g/mol. The molecule has 14 nitrogen and oxygen atoms in total. The van der Waals surface area contributed by atoms with Gasteiger partial charge in [-0.1, -0.05) is 12.1 Å². The van der Waals surface area contributed by atoms with E-state index < -0.39 is 36.0 Å². The third-order valence-corrected chi connectivity index (χ3v) is 9.42. The normalized spacial score (nSPS) is 16.9. The third kappa shape index (κ3) is 12.0. The number of guanidine groups is 1. The van der Waals surface area contributed by atoms with Crippen LogP contribution in [0.4, 0.5) is 24.8 Å². The van der Waals surface area contributed by atoms with E-state index in [1.165, 1.54) is 0 Å². The molecule has 2 aliphatic heterocycles. The Labute approximate surface area is 300 Å². The summed E-state index contributed by atoms with van der Waals surface area (Å²) in [5, 5.41) is 33.5. The molecular weight excluding hydrogens is 681 g/mol. The standard InChI is InChI=1S/C35H47F3N10O4/c36-35(37,38)33-45-28(21-29(46-33)48-18-4-7-27(48)31(50)43-17-13-24-9-11-25(22-39)12-10-24)47-19-14-23(15-20-47)5-3-8-30(49)42-16-2-1-6-26(32(51)52)44-34(40)41/h9-12,21,23,26-27H,1-8,13-20H2,(H,42,49)(H,43,50)(H,51,52)(H4,40,41,44)/t26-,27-/m0/s1. The first kappa shape index (κ1) is 39.6. The van der Waals surface area contributed by atoms with Gasteiger partial charge in [-0.3, -0.25) is 15.0 Å². The number of nitrogens with zero attached hydrogens (tertiary/aromatic N) is 5. The molecule has 0 spiro atoms. The first-order valence-electron chi connectivity index (χ1n) is 17.7. The second-order valence-electron chi connectivity index (χ2n) is 13.2. The molecule has 17 heteroatoms. The number of carbonyl (C=O) groups is 3. The zero-order valence-electron chi connectivity index (χ0n) is 29.1. The first-order chi connectivity index (χ1) is 24.8. The van der Waals surface area contributed by atoms with Gasteiger partial charge >= 0.3 is 12.1 Å². The predicted molar refractivity (Wildman–Crippen MR) is 187 cm³/mol. The molecular formula is C35H47F3N10O4. The van der Waals surface area contributed by atoms with Crippen LogP contribution in [0.2, 0.25) is 0 Å². The van der Waals surface area contributed by atoms with Crippen molar-refractivity contribution in [2.45, 2.75) is 88.9 Å². The number of carboxylic acid groups (broad SMARTS) is 1. The number of nitrogens with one attached hydrogen (secondary N) is 4. The highest BCUT2D eigenvalue weighted by Crippen LogP contribution is 2.34. The third-order valence-electron chi connectivity index (χ3n) is 9.42. The van der Waals surface area contributed by atoms with E-state index in [9.17, 15) is 27.6 Å². The zero-order chi connectivity index (χ0) is 37.7. The Kier molecular flexibility index (Phi) is 14.4. The average molecular weight is 729 g/mol. The van der Waals surface area contributed by atoms with Crippen molar-refractivity contribution in [3.8, 4) is 6.07 Å². The molecule has 3 heterocycles. The number of carboxylic acids is 1. The predicted octanol–water partition coefficient (Wildman–Crippen LogP) is 3.30. The van der Waals surface area contributed by atoms with Gasteiger partial charge in [0.05, 0.1) is 11.6 Å². The van der Waals surface area contributed by atoms with Crippen molar-refractivity contribution in [3.63, 3.8) is 0 Å². The van der Waals surface area contributed by atoms with Gasteiger partial charge in [-0.2, -0.15) is 18.4 Å². The number of rotatable bonds is 17. The molecule has 282 valence electrons. The van der Waals surface area contributed by atoms with Gasteiger partial charge in [0.1, 0.15) is 23.7 Å². The Balaban J connectivity index is 1.24. The van der Waals surface area contributed by atoms with Crippen molar-refractivity contribution in [2.75, 3.05) is 42.5 Å². The summed E-state index contributed by atoms with van der Waals surface area (Å²) < 4.78 is 42.0. The van der Waals surface area contributed by atoms with E-state index in [0.717, 1.165) is 24.8 Å². The van der Waals surface area contributed by atoms with E-state index in [1.54, 1.807) is 23.1 Å². The molecule has 2 saturated heterocycles. The Bertz CT molecular complexity index is 1580. The van der Waals surface area contributed by atoms with Crippen LogP contribution in [0.25, 0.3) is 0 Å². The summed E-state index contributed by atoms with van der Waals surface area (Å²) >= 11 is 0. The lowest BCUT2D eigenvalue weighted by Gasteiger charge is -2.34. The molecule has 52 heavy (non-hydrogen) atoms. The molecule has 0 aliphatic carbocycles. The van der Waals surface area contributed by atoms with E-state index in [1.807, 2.05) is 17.0 Å². The highest BCUT2D eigenvalue weighted by molar-refractivity contribution is 5.85. The van der Waals surface area contributed by atoms with Crippen LogP contribution in [0.3, 0.4) is 0 Å². The van der Waals surface area contributed by atoms with Crippen LogP contribution in [0.5, 0.6) is 0 Å². The zero-order valence-corrected chi connectivity index (χ0v) is 29.1. The van der Waals surface area contributed by atoms with Gasteiger partial charge in [-0.15, -0.1) is 0 Å². The maximum Gasteiger partial charge on any atom is 0.451 e. The molecule has 7 N–H and O–H groups in total. The topological polar surface area (TPSA) is 213 Å². The Morgan fingerprint density at radius 2 is 1.73 bits per heavy atom. The second-order valence-corrected chi connectivity index (χ2v) is 13.2. The summed E-state index contributed by atoms with van der Waals surface area (Å²) in [6.07, 6.45) is 1.56. The minimum atomic E-state index is -4.77. The largest absolute Gasteiger partial charge is 0.480 e. The Morgan fingerprint density at radius 3 is 2.38 bits per heavy atom. The van der Waals surface area contributed by atoms with Crippen molar-refractivity contribution in [3.05, 3.63) is 47.3 Å². The van der Waals surface area contributed by atoms with Gasteiger partial charge in [0.2, 0.25) is 17.6 Å². The Hall–Kier alpha value is -5.14. The number of aliphatic carboxylic acids is 1. The van der Waals surface area contributed by atoms with Crippen LogP contribution >= 0.6 is 0 Å². The number of halogens is 3. The number of hydrogen-bond donors (Lipinski definition) is 6. The lowest BCUT2D eigenvalue weighted by atomic mass is 9.91. The van der Waals surface area contributed by atoms with Crippen LogP contribution < -0.4 is 31.5 Å². The molecule has 2 aliphatic rings. The molecule has 0 radical (unpaired) electrons. The molecule has 0 unspecified atom stereocenters. The summed E-state index contributed by atoms with van der Waals surface area (Å²) in [5.41, 5.74) is 6.70. The van der Waals surface area contributed by atoms with Crippen LogP contribution in [0, 0.1) is 22.7 Å². The van der Waals surface area contributed by atoms with Gasteiger partial charge in [0.25, 0.3) is 0 Å². The second kappa shape index (κ2) is 18.9. The van der Waals surface area contributed by atoms with Gasteiger partial charge in [-0.25, -0.2) is 14.8 Å². The minimum absolute atomic E-state index is 0.0737. The van der Waals surface area contributed by atoms with Crippen LogP contribution in [0.1, 0.15) is 81.2 Å². The van der Waals surface area contributed by atoms with Crippen molar-refractivity contribution < 1.29 is 32.7 Å². The Morgan fingerprint density at radius 1 is 1.02 bits per heavy atom. The lowest BCUT2D eigenvalue weighted by Crippen LogP contribution is -2.44. The van der Waals surface area contributed by atoms with Crippen LogP contribution in [-0.2, 0) is 27.0 Å². The number of unbranched alkanes of at least 4 members (excludes halogenated alkanes) is 1. The number of nitrogens with two attached hydrogens (primary N) is 1. The minimum Gasteiger partial charge on any atom is -0.480 e.